The Morgan fingerprint density at radius 3 is 2.69 bits per heavy atom. The molecule has 1 aromatic rings. The largest absolute Gasteiger partial charge is 0.464 e. The van der Waals surface area contributed by atoms with Gasteiger partial charge in [0.15, 0.2) is 0 Å². The van der Waals surface area contributed by atoms with Gasteiger partial charge in [0.2, 0.25) is 11.9 Å². The Morgan fingerprint density at radius 1 is 1.44 bits per heavy atom. The Hall–Kier alpha value is -1.39. The fraction of sp³-hybridized carbons (Fsp3) is 0.417. The van der Waals surface area contributed by atoms with Crippen molar-refractivity contribution in [3.63, 3.8) is 0 Å². The summed E-state index contributed by atoms with van der Waals surface area (Å²) < 4.78 is 15.5. The number of hydrogen-bond acceptors (Lipinski definition) is 4. The molecule has 0 aliphatic carbocycles. The fourth-order valence-corrected chi connectivity index (χ4v) is 1.73. The van der Waals surface area contributed by atoms with Crippen molar-refractivity contribution in [1.29, 1.82) is 0 Å². The molecule has 0 saturated carbocycles. The number of esters is 1. The molecule has 1 heterocycles. The van der Waals surface area contributed by atoms with Gasteiger partial charge in [-0.05, 0) is 6.92 Å². The predicted molar refractivity (Wildman–Crippen MR) is 56.6 cm³/mol. The zero-order valence-corrected chi connectivity index (χ0v) is 9.30. The molecule has 2 atom stereocenters. The van der Waals surface area contributed by atoms with E-state index in [1.807, 2.05) is 30.3 Å². The lowest BCUT2D eigenvalue weighted by atomic mass is 10.1. The van der Waals surface area contributed by atoms with Crippen LogP contribution in [-0.4, -0.2) is 25.8 Å². The van der Waals surface area contributed by atoms with E-state index in [9.17, 15) is 4.79 Å². The second-order valence-corrected chi connectivity index (χ2v) is 3.49. The lowest BCUT2D eigenvalue weighted by Gasteiger charge is -2.10. The minimum atomic E-state index is -0.951. The Labute approximate surface area is 94.1 Å². The monoisotopic (exact) mass is 222 g/mol. The van der Waals surface area contributed by atoms with Crippen LogP contribution in [-0.2, 0) is 24.8 Å². The van der Waals surface area contributed by atoms with E-state index in [-0.39, 0.29) is 5.97 Å². The van der Waals surface area contributed by atoms with Crippen LogP contribution >= 0.6 is 0 Å². The summed E-state index contributed by atoms with van der Waals surface area (Å²) in [6.45, 7) is 2.10. The van der Waals surface area contributed by atoms with Gasteiger partial charge < -0.3 is 14.2 Å². The number of rotatable bonds is 4. The van der Waals surface area contributed by atoms with Crippen molar-refractivity contribution in [2.45, 2.75) is 18.8 Å². The van der Waals surface area contributed by atoms with Gasteiger partial charge in [-0.2, -0.15) is 0 Å². The molecule has 2 unspecified atom stereocenters. The topological polar surface area (TPSA) is 48.1 Å². The highest BCUT2D eigenvalue weighted by Gasteiger charge is 2.64. The standard InChI is InChI=1S/C12H14O4/c1-3-15-11(13)10-12(14-2,16-10)9-7-5-4-6-8-9/h4-8,10H,3H2,1-2H3. The van der Waals surface area contributed by atoms with Crippen LogP contribution in [0.25, 0.3) is 0 Å². The zero-order chi connectivity index (χ0) is 11.6. The maximum absolute atomic E-state index is 11.5. The summed E-state index contributed by atoms with van der Waals surface area (Å²) in [5.41, 5.74) is 0.829. The number of epoxide rings is 1. The van der Waals surface area contributed by atoms with Crippen molar-refractivity contribution in [1.82, 2.24) is 0 Å². The normalized spacial score (nSPS) is 27.5. The molecule has 4 nitrogen and oxygen atoms in total. The third-order valence-corrected chi connectivity index (χ3v) is 2.56. The molecule has 0 N–H and O–H groups in total. The summed E-state index contributed by atoms with van der Waals surface area (Å²) in [7, 11) is 1.52. The second-order valence-electron chi connectivity index (χ2n) is 3.49. The molecular formula is C12H14O4. The van der Waals surface area contributed by atoms with E-state index in [4.69, 9.17) is 14.2 Å². The Morgan fingerprint density at radius 2 is 2.12 bits per heavy atom. The van der Waals surface area contributed by atoms with Crippen molar-refractivity contribution in [3.8, 4) is 0 Å². The third kappa shape index (κ3) is 1.70. The molecule has 1 aromatic carbocycles. The first kappa shape index (κ1) is 11.1. The summed E-state index contributed by atoms with van der Waals surface area (Å²) in [6.07, 6.45) is -0.653. The minimum absolute atomic E-state index is 0.341. The average Bonchev–Trinajstić information content (AvgIpc) is 3.07. The summed E-state index contributed by atoms with van der Waals surface area (Å²) in [5.74, 6) is -1.33. The van der Waals surface area contributed by atoms with Gasteiger partial charge in [0.05, 0.1) is 6.61 Å². The molecule has 1 aliphatic heterocycles. The Bertz CT molecular complexity index is 376. The molecule has 1 fully saturated rings. The van der Waals surface area contributed by atoms with Gasteiger partial charge in [-0.15, -0.1) is 0 Å². The molecule has 0 aromatic heterocycles. The van der Waals surface area contributed by atoms with Crippen molar-refractivity contribution in [2.24, 2.45) is 0 Å². The second kappa shape index (κ2) is 4.23. The lowest BCUT2D eigenvalue weighted by Crippen LogP contribution is -2.22. The average molecular weight is 222 g/mol. The quantitative estimate of drug-likeness (QED) is 0.571. The summed E-state index contributed by atoms with van der Waals surface area (Å²) >= 11 is 0. The van der Waals surface area contributed by atoms with Crippen molar-refractivity contribution in [3.05, 3.63) is 35.9 Å². The number of benzene rings is 1. The van der Waals surface area contributed by atoms with Gasteiger partial charge in [0, 0.05) is 12.7 Å². The van der Waals surface area contributed by atoms with E-state index in [1.54, 1.807) is 6.92 Å². The summed E-state index contributed by atoms with van der Waals surface area (Å²) in [5, 5.41) is 0. The van der Waals surface area contributed by atoms with Gasteiger partial charge >= 0.3 is 5.97 Å². The van der Waals surface area contributed by atoms with Crippen LogP contribution in [0.2, 0.25) is 0 Å². The maximum Gasteiger partial charge on any atom is 0.341 e. The third-order valence-electron chi connectivity index (χ3n) is 2.56. The van der Waals surface area contributed by atoms with E-state index in [1.165, 1.54) is 7.11 Å². The van der Waals surface area contributed by atoms with Crippen molar-refractivity contribution >= 4 is 5.97 Å². The van der Waals surface area contributed by atoms with Crippen LogP contribution in [0.1, 0.15) is 12.5 Å². The zero-order valence-electron chi connectivity index (χ0n) is 9.30. The first-order chi connectivity index (χ1) is 7.74. The molecule has 0 radical (unpaired) electrons. The molecule has 16 heavy (non-hydrogen) atoms. The molecule has 1 saturated heterocycles. The van der Waals surface area contributed by atoms with E-state index in [2.05, 4.69) is 0 Å². The number of hydrogen-bond donors (Lipinski definition) is 0. The number of ether oxygens (including phenoxy) is 3. The summed E-state index contributed by atoms with van der Waals surface area (Å²) in [6, 6.07) is 9.38. The van der Waals surface area contributed by atoms with Gasteiger partial charge in [-0.1, -0.05) is 30.3 Å². The van der Waals surface area contributed by atoms with E-state index in [0.717, 1.165) is 5.56 Å². The number of methoxy groups -OCH3 is 1. The maximum atomic E-state index is 11.5. The van der Waals surface area contributed by atoms with Gasteiger partial charge in [-0.3, -0.25) is 0 Å². The molecule has 0 amide bonds. The van der Waals surface area contributed by atoms with Gasteiger partial charge in [0.1, 0.15) is 0 Å². The molecule has 4 heteroatoms. The number of carbonyl (C=O) groups is 1. The van der Waals surface area contributed by atoms with Crippen LogP contribution in [0.4, 0.5) is 0 Å². The SMILES string of the molecule is CCOC(=O)C1OC1(OC)c1ccccc1. The molecular weight excluding hydrogens is 208 g/mol. The molecule has 2 rings (SSSR count). The molecule has 0 spiro atoms. The van der Waals surface area contributed by atoms with Gasteiger partial charge in [-0.25, -0.2) is 4.79 Å². The van der Waals surface area contributed by atoms with Crippen LogP contribution < -0.4 is 0 Å². The lowest BCUT2D eigenvalue weighted by molar-refractivity contribution is -0.144. The first-order valence-electron chi connectivity index (χ1n) is 5.19. The van der Waals surface area contributed by atoms with E-state index < -0.39 is 11.9 Å². The van der Waals surface area contributed by atoms with Crippen molar-refractivity contribution < 1.29 is 19.0 Å². The number of carbonyl (C=O) groups excluding carboxylic acids is 1. The Kier molecular flexibility index (Phi) is 2.94. The predicted octanol–water partition coefficient (Wildman–Crippen LogP) is 1.45. The highest BCUT2D eigenvalue weighted by Crippen LogP contribution is 2.47. The van der Waals surface area contributed by atoms with Crippen LogP contribution in [0.15, 0.2) is 30.3 Å². The minimum Gasteiger partial charge on any atom is -0.464 e. The van der Waals surface area contributed by atoms with E-state index in [0.29, 0.717) is 6.61 Å². The van der Waals surface area contributed by atoms with E-state index >= 15 is 0 Å². The smallest absolute Gasteiger partial charge is 0.341 e. The first-order valence-corrected chi connectivity index (χ1v) is 5.19. The van der Waals surface area contributed by atoms with Crippen LogP contribution in [0.5, 0.6) is 0 Å². The highest BCUT2D eigenvalue weighted by atomic mass is 16.8. The van der Waals surface area contributed by atoms with Gasteiger partial charge in [0.25, 0.3) is 0 Å². The summed E-state index contributed by atoms with van der Waals surface area (Å²) in [4.78, 5) is 11.5. The fourth-order valence-electron chi connectivity index (χ4n) is 1.73. The van der Waals surface area contributed by atoms with Crippen LogP contribution in [0.3, 0.4) is 0 Å². The highest BCUT2D eigenvalue weighted by molar-refractivity contribution is 5.79. The Balaban J connectivity index is 2.17. The molecule has 86 valence electrons. The van der Waals surface area contributed by atoms with Crippen molar-refractivity contribution in [2.75, 3.05) is 13.7 Å². The molecule has 1 aliphatic rings. The van der Waals surface area contributed by atoms with Crippen LogP contribution in [0, 0.1) is 0 Å². The molecule has 0 bridgehead atoms.